The number of carbonyl (C=O) groups excluding carboxylic acids is 1. The van der Waals surface area contributed by atoms with E-state index in [2.05, 4.69) is 13.2 Å². The van der Waals surface area contributed by atoms with E-state index in [0.717, 1.165) is 16.7 Å². The average molecular weight is 495 g/mol. The van der Waals surface area contributed by atoms with E-state index in [9.17, 15) is 14.7 Å². The lowest BCUT2D eigenvalue weighted by molar-refractivity contribution is 0.0203. The minimum Gasteiger partial charge on any atom is -0.449 e. The molecule has 0 unspecified atom stereocenters. The van der Waals surface area contributed by atoms with Crippen LogP contribution in [0.15, 0.2) is 37.4 Å². The first-order valence-electron chi connectivity index (χ1n) is 11.8. The number of benzene rings is 2. The second-order valence-corrected chi connectivity index (χ2v) is 11.7. The smallest absolute Gasteiger partial charge is 0.449 e. The summed E-state index contributed by atoms with van der Waals surface area (Å²) < 4.78 is 16.7. The molecule has 0 bridgehead atoms. The molecule has 1 N–H and O–H groups in total. The molecular weight excluding hydrogens is 456 g/mol. The minimum absolute atomic E-state index is 0.163. The predicted molar refractivity (Wildman–Crippen MR) is 145 cm³/mol. The second-order valence-electron chi connectivity index (χ2n) is 11.7. The van der Waals surface area contributed by atoms with Crippen LogP contribution in [0.2, 0.25) is 0 Å². The first-order valence-corrected chi connectivity index (χ1v) is 11.8. The summed E-state index contributed by atoms with van der Waals surface area (Å²) in [5, 5.41) is 9.62. The van der Waals surface area contributed by atoms with E-state index in [0.29, 0.717) is 16.7 Å². The molecule has 0 heterocycles. The van der Waals surface area contributed by atoms with Gasteiger partial charge in [0.15, 0.2) is 0 Å². The molecule has 2 rings (SSSR count). The van der Waals surface area contributed by atoms with E-state index in [4.69, 9.17) is 14.2 Å². The minimum atomic E-state index is -1.45. The molecule has 0 aromatic heterocycles. The van der Waals surface area contributed by atoms with Gasteiger partial charge in [0.25, 0.3) is 0 Å². The van der Waals surface area contributed by atoms with Gasteiger partial charge in [-0.25, -0.2) is 9.59 Å². The molecule has 0 amide bonds. The summed E-state index contributed by atoms with van der Waals surface area (Å²) in [6.45, 7) is 25.0. The van der Waals surface area contributed by atoms with Crippen molar-refractivity contribution in [3.63, 3.8) is 0 Å². The average Bonchev–Trinajstić information content (AvgIpc) is 2.70. The Labute approximate surface area is 214 Å². The Bertz CT molecular complexity index is 1180. The van der Waals surface area contributed by atoms with E-state index < -0.39 is 28.7 Å². The maximum Gasteiger partial charge on any atom is 0.514 e. The lowest BCUT2D eigenvalue weighted by atomic mass is 9.80. The summed E-state index contributed by atoms with van der Waals surface area (Å²) in [5.41, 5.74) is 2.19. The highest BCUT2D eigenvalue weighted by Gasteiger charge is 2.31. The standard InChI is InChI=1S/C30H38O6/c1-12-18-14-20(24(34-26(31)32)22(16-18)28(3,4)5)21-15-19(13-2)17-23(29(6,7)8)25(21)35-27(33)36-30(9,10)11/h12-17H,1-2H2,3-11H3,(H,31,32). The molecule has 36 heavy (non-hydrogen) atoms. The quantitative estimate of drug-likeness (QED) is 0.331. The highest BCUT2D eigenvalue weighted by Crippen LogP contribution is 2.47. The van der Waals surface area contributed by atoms with Gasteiger partial charge in [-0.2, -0.15) is 0 Å². The van der Waals surface area contributed by atoms with Gasteiger partial charge in [-0.05, 0) is 67.0 Å². The monoisotopic (exact) mass is 494 g/mol. The molecule has 2 aromatic carbocycles. The van der Waals surface area contributed by atoms with Gasteiger partial charge in [-0.15, -0.1) is 0 Å². The molecule has 0 spiro atoms. The molecular formula is C30H38O6. The molecule has 0 saturated carbocycles. The number of ether oxygens (including phenoxy) is 3. The summed E-state index contributed by atoms with van der Waals surface area (Å²) >= 11 is 0. The second kappa shape index (κ2) is 10.2. The van der Waals surface area contributed by atoms with Crippen molar-refractivity contribution in [1.29, 1.82) is 0 Å². The van der Waals surface area contributed by atoms with Gasteiger partial charge in [0.05, 0.1) is 0 Å². The molecule has 0 saturated heterocycles. The van der Waals surface area contributed by atoms with Crippen molar-refractivity contribution in [2.24, 2.45) is 0 Å². The Balaban J connectivity index is 3.06. The van der Waals surface area contributed by atoms with Crippen molar-refractivity contribution < 1.29 is 28.9 Å². The molecule has 0 aliphatic heterocycles. The Morgan fingerprint density at radius 3 is 1.42 bits per heavy atom. The van der Waals surface area contributed by atoms with Crippen LogP contribution in [0.3, 0.4) is 0 Å². The molecule has 194 valence electrons. The van der Waals surface area contributed by atoms with Gasteiger partial charge >= 0.3 is 12.3 Å². The van der Waals surface area contributed by atoms with Crippen molar-refractivity contribution in [1.82, 2.24) is 0 Å². The maximum absolute atomic E-state index is 12.9. The molecule has 0 radical (unpaired) electrons. The van der Waals surface area contributed by atoms with Crippen LogP contribution in [0.25, 0.3) is 23.3 Å². The molecule has 0 fully saturated rings. The fraction of sp³-hybridized carbons (Fsp3) is 0.400. The largest absolute Gasteiger partial charge is 0.514 e. The first-order chi connectivity index (χ1) is 16.4. The van der Waals surface area contributed by atoms with Crippen molar-refractivity contribution in [2.75, 3.05) is 0 Å². The summed E-state index contributed by atoms with van der Waals surface area (Å²) in [6, 6.07) is 7.32. The maximum atomic E-state index is 12.9. The lowest BCUT2D eigenvalue weighted by Crippen LogP contribution is -2.27. The first kappa shape index (κ1) is 28.7. The highest BCUT2D eigenvalue weighted by molar-refractivity contribution is 5.86. The zero-order valence-electron chi connectivity index (χ0n) is 22.9. The number of hydrogen-bond donors (Lipinski definition) is 1. The third-order valence-electron chi connectivity index (χ3n) is 5.36. The molecule has 0 aliphatic carbocycles. The molecule has 6 heteroatoms. The number of carbonyl (C=O) groups is 2. The van der Waals surface area contributed by atoms with Gasteiger partial charge in [-0.3, -0.25) is 0 Å². The van der Waals surface area contributed by atoms with Gasteiger partial charge in [0.2, 0.25) is 0 Å². The fourth-order valence-electron chi connectivity index (χ4n) is 3.71. The van der Waals surface area contributed by atoms with Crippen LogP contribution in [-0.4, -0.2) is 23.0 Å². The van der Waals surface area contributed by atoms with Crippen molar-refractivity contribution >= 4 is 24.5 Å². The number of rotatable bonds is 5. The molecule has 6 nitrogen and oxygen atoms in total. The van der Waals surface area contributed by atoms with Crippen molar-refractivity contribution in [2.45, 2.75) is 78.7 Å². The lowest BCUT2D eigenvalue weighted by Gasteiger charge is -2.28. The van der Waals surface area contributed by atoms with Crippen LogP contribution in [-0.2, 0) is 15.6 Å². The summed E-state index contributed by atoms with van der Waals surface area (Å²) in [7, 11) is 0. The Morgan fingerprint density at radius 1 is 0.722 bits per heavy atom. The normalized spacial score (nSPS) is 12.0. The van der Waals surface area contributed by atoms with E-state index in [-0.39, 0.29) is 11.5 Å². The van der Waals surface area contributed by atoms with Crippen molar-refractivity contribution in [3.8, 4) is 22.6 Å². The van der Waals surface area contributed by atoms with Gasteiger partial charge in [0.1, 0.15) is 17.1 Å². The Kier molecular flexibility index (Phi) is 8.14. The third-order valence-corrected chi connectivity index (χ3v) is 5.36. The van der Waals surface area contributed by atoms with Crippen LogP contribution < -0.4 is 9.47 Å². The molecule has 0 aliphatic rings. The Hall–Kier alpha value is -3.54. The zero-order valence-corrected chi connectivity index (χ0v) is 22.9. The van der Waals surface area contributed by atoms with E-state index in [1.165, 1.54) is 0 Å². The summed E-state index contributed by atoms with van der Waals surface area (Å²) in [6.07, 6.45) is 1.06. The predicted octanol–water partition coefficient (Wildman–Crippen LogP) is 8.61. The van der Waals surface area contributed by atoms with E-state index in [1.807, 2.05) is 53.7 Å². The molecule has 0 atom stereocenters. The van der Waals surface area contributed by atoms with E-state index >= 15 is 0 Å². The van der Waals surface area contributed by atoms with Crippen LogP contribution in [0, 0.1) is 0 Å². The van der Waals surface area contributed by atoms with Gasteiger partial charge < -0.3 is 19.3 Å². The Morgan fingerprint density at radius 2 is 1.11 bits per heavy atom. The summed E-state index contributed by atoms with van der Waals surface area (Å²) in [5.74, 6) is 0.425. The van der Waals surface area contributed by atoms with Crippen LogP contribution in [0.4, 0.5) is 9.59 Å². The zero-order chi connectivity index (χ0) is 27.6. The highest BCUT2D eigenvalue weighted by atomic mass is 16.7. The SMILES string of the molecule is C=Cc1cc(-c2cc(C=C)cc(C(C)(C)C)c2OC(=O)OC(C)(C)C)c(OC(=O)O)c(C(C)(C)C)c1. The van der Waals surface area contributed by atoms with Crippen LogP contribution >= 0.6 is 0 Å². The van der Waals surface area contributed by atoms with Crippen LogP contribution in [0.5, 0.6) is 11.5 Å². The topological polar surface area (TPSA) is 82.1 Å². The van der Waals surface area contributed by atoms with Gasteiger partial charge in [0, 0.05) is 22.3 Å². The number of carboxylic acid groups (broad SMARTS) is 1. The van der Waals surface area contributed by atoms with Crippen LogP contribution in [0.1, 0.15) is 84.6 Å². The molecule has 2 aromatic rings. The van der Waals surface area contributed by atoms with Crippen molar-refractivity contribution in [3.05, 3.63) is 59.7 Å². The summed E-state index contributed by atoms with van der Waals surface area (Å²) in [4.78, 5) is 24.6. The van der Waals surface area contributed by atoms with Gasteiger partial charge in [-0.1, -0.05) is 66.9 Å². The third kappa shape index (κ3) is 7.00. The number of hydrogen-bond acceptors (Lipinski definition) is 5. The fourth-order valence-corrected chi connectivity index (χ4v) is 3.71. The van der Waals surface area contributed by atoms with E-state index in [1.54, 1.807) is 45.1 Å².